The Morgan fingerprint density at radius 1 is 1.20 bits per heavy atom. The van der Waals surface area contributed by atoms with E-state index in [-0.39, 0.29) is 36.8 Å². The summed E-state index contributed by atoms with van der Waals surface area (Å²) in [5.74, 6) is -2.32. The SMILES string of the molecule is FC1(F)CC[CH]([Zn])CC1.I. The van der Waals surface area contributed by atoms with Gasteiger partial charge in [0.15, 0.2) is 0 Å². The summed E-state index contributed by atoms with van der Waals surface area (Å²) in [6, 6.07) is 0. The first-order chi connectivity index (χ1) is 4.10. The molecule has 0 saturated heterocycles. The van der Waals surface area contributed by atoms with E-state index >= 15 is 0 Å². The van der Waals surface area contributed by atoms with E-state index in [2.05, 4.69) is 0 Å². The summed E-state index contributed by atoms with van der Waals surface area (Å²) in [6.07, 6.45) is 1.79. The van der Waals surface area contributed by atoms with Crippen molar-refractivity contribution < 1.29 is 27.1 Å². The Balaban J connectivity index is 0.000000810. The van der Waals surface area contributed by atoms with Crippen LogP contribution in [0.5, 0.6) is 0 Å². The van der Waals surface area contributed by atoms with Crippen molar-refractivity contribution in [3.05, 3.63) is 0 Å². The Bertz CT molecular complexity index is 97.9. The van der Waals surface area contributed by atoms with Gasteiger partial charge in [-0.05, 0) is 0 Å². The Hall–Kier alpha value is 1.21. The maximum Gasteiger partial charge on any atom is -0.107 e. The molecule has 0 aromatic carbocycles. The molecule has 0 atom stereocenters. The van der Waals surface area contributed by atoms with Crippen LogP contribution in [-0.4, -0.2) is 5.92 Å². The zero-order valence-corrected chi connectivity index (χ0v) is 11.1. The number of hydrogen-bond acceptors (Lipinski definition) is 0. The van der Waals surface area contributed by atoms with Gasteiger partial charge < -0.3 is 0 Å². The van der Waals surface area contributed by atoms with Crippen LogP contribution in [0.4, 0.5) is 8.78 Å². The van der Waals surface area contributed by atoms with Gasteiger partial charge in [0.1, 0.15) is 0 Å². The summed E-state index contributed by atoms with van der Waals surface area (Å²) in [5.41, 5.74) is 0. The van der Waals surface area contributed by atoms with Gasteiger partial charge in [-0.3, -0.25) is 0 Å². The Morgan fingerprint density at radius 3 is 1.90 bits per heavy atom. The second-order valence-electron chi connectivity index (χ2n) is 2.80. The number of halogens is 3. The van der Waals surface area contributed by atoms with Crippen molar-refractivity contribution in [2.75, 3.05) is 0 Å². The molecule has 1 rings (SSSR count). The molecule has 0 spiro atoms. The Labute approximate surface area is 86.8 Å². The van der Waals surface area contributed by atoms with Crippen molar-refractivity contribution in [1.29, 1.82) is 0 Å². The Morgan fingerprint density at radius 2 is 1.60 bits per heavy atom. The molecule has 1 aliphatic rings. The van der Waals surface area contributed by atoms with Crippen LogP contribution in [0.3, 0.4) is 0 Å². The van der Waals surface area contributed by atoms with Crippen molar-refractivity contribution in [3.63, 3.8) is 0 Å². The van der Waals surface area contributed by atoms with Gasteiger partial charge in [0.25, 0.3) is 0 Å². The summed E-state index contributed by atoms with van der Waals surface area (Å²) in [7, 11) is 0. The molecule has 1 saturated carbocycles. The quantitative estimate of drug-likeness (QED) is 0.476. The number of hydrogen-bond donors (Lipinski definition) is 0. The van der Waals surface area contributed by atoms with Gasteiger partial charge in [0.2, 0.25) is 0 Å². The van der Waals surface area contributed by atoms with E-state index in [1.807, 2.05) is 0 Å². The van der Waals surface area contributed by atoms with Gasteiger partial charge in [-0.15, -0.1) is 24.0 Å². The van der Waals surface area contributed by atoms with Crippen LogP contribution >= 0.6 is 24.0 Å². The minimum absolute atomic E-state index is 0. The zero-order chi connectivity index (χ0) is 6.91. The molecule has 0 radical (unpaired) electrons. The Kier molecular flexibility index (Phi) is 4.81. The van der Waals surface area contributed by atoms with Gasteiger partial charge in [0.05, 0.1) is 0 Å². The molecule has 0 N–H and O–H groups in total. The summed E-state index contributed by atoms with van der Waals surface area (Å²) in [6.45, 7) is 0. The van der Waals surface area contributed by atoms with Gasteiger partial charge in [0, 0.05) is 0 Å². The third-order valence-electron chi connectivity index (χ3n) is 1.84. The van der Waals surface area contributed by atoms with Crippen molar-refractivity contribution in [2.24, 2.45) is 0 Å². The summed E-state index contributed by atoms with van der Waals surface area (Å²) < 4.78 is 25.4. The second-order valence-corrected chi connectivity index (χ2v) is 5.22. The van der Waals surface area contributed by atoms with Crippen molar-refractivity contribution in [3.8, 4) is 0 Å². The molecular weight excluding hydrogens is 302 g/mol. The molecule has 0 amide bonds. The smallest absolute Gasteiger partial charge is 0.107 e. The maximum absolute atomic E-state index is 12.4. The van der Waals surface area contributed by atoms with Crippen LogP contribution in [0, 0.1) is 0 Å². The van der Waals surface area contributed by atoms with E-state index < -0.39 is 5.92 Å². The molecule has 0 aromatic rings. The zero-order valence-electron chi connectivity index (χ0n) is 5.78. The molecule has 57 valence electrons. The third-order valence-corrected chi connectivity index (χ3v) is 3.55. The van der Waals surface area contributed by atoms with Gasteiger partial charge in [-0.1, -0.05) is 0 Å². The molecule has 0 unspecified atom stereocenters. The predicted molar refractivity (Wildman–Crippen MR) is 42.6 cm³/mol. The van der Waals surface area contributed by atoms with Crippen molar-refractivity contribution in [2.45, 2.75) is 36.1 Å². The van der Waals surface area contributed by atoms with E-state index in [4.69, 9.17) is 0 Å². The van der Waals surface area contributed by atoms with Crippen LogP contribution in [0.25, 0.3) is 0 Å². The molecular formula is C6H10F2IZn. The summed E-state index contributed by atoms with van der Waals surface area (Å²) in [5, 5.41) is 0. The normalized spacial score (nSPS) is 25.6. The van der Waals surface area contributed by atoms with Crippen LogP contribution in [-0.2, 0) is 18.3 Å². The van der Waals surface area contributed by atoms with Gasteiger partial charge in [-0.2, -0.15) is 0 Å². The fourth-order valence-corrected chi connectivity index (χ4v) is 1.96. The van der Waals surface area contributed by atoms with E-state index in [0.29, 0.717) is 4.51 Å². The van der Waals surface area contributed by atoms with Crippen LogP contribution in [0.15, 0.2) is 0 Å². The van der Waals surface area contributed by atoms with E-state index in [9.17, 15) is 8.78 Å². The van der Waals surface area contributed by atoms with Crippen molar-refractivity contribution in [1.82, 2.24) is 0 Å². The number of alkyl halides is 2. The minimum Gasteiger partial charge on any atom is -0.107 e. The average molecular weight is 312 g/mol. The first-order valence-electron chi connectivity index (χ1n) is 3.31. The largest absolute Gasteiger partial charge is 0.107 e. The molecule has 0 aromatic heterocycles. The molecule has 4 heteroatoms. The van der Waals surface area contributed by atoms with Crippen LogP contribution < -0.4 is 0 Å². The summed E-state index contributed by atoms with van der Waals surface area (Å²) >= 11 is 1.19. The topological polar surface area (TPSA) is 0 Å². The molecule has 0 aliphatic heterocycles. The van der Waals surface area contributed by atoms with Gasteiger partial charge >= 0.3 is 63.2 Å². The number of rotatable bonds is 0. The standard InChI is InChI=1S/C6H9F2.HI.Zn/c7-6(8)4-2-1-3-5-6;;/h1H,2-5H2;1H;. The first-order valence-corrected chi connectivity index (χ1v) is 5.02. The molecule has 10 heavy (non-hydrogen) atoms. The minimum atomic E-state index is -2.32. The fourth-order valence-electron chi connectivity index (χ4n) is 1.10. The molecule has 1 fully saturated rings. The van der Waals surface area contributed by atoms with Crippen LogP contribution in [0.2, 0.25) is 4.51 Å². The van der Waals surface area contributed by atoms with Gasteiger partial charge in [-0.25, -0.2) is 0 Å². The molecule has 1 aliphatic carbocycles. The predicted octanol–water partition coefficient (Wildman–Crippen LogP) is 3.15. The molecule has 0 bridgehead atoms. The van der Waals surface area contributed by atoms with E-state index in [1.54, 1.807) is 0 Å². The molecule has 0 heterocycles. The van der Waals surface area contributed by atoms with Crippen LogP contribution in [0.1, 0.15) is 25.7 Å². The second kappa shape index (κ2) is 4.29. The fraction of sp³-hybridized carbons (Fsp3) is 1.00. The summed E-state index contributed by atoms with van der Waals surface area (Å²) in [4.78, 5) is 0. The van der Waals surface area contributed by atoms with E-state index in [0.717, 1.165) is 12.8 Å². The molecule has 0 nitrogen and oxygen atoms in total. The third kappa shape index (κ3) is 3.56. The first kappa shape index (κ1) is 11.2. The van der Waals surface area contributed by atoms with E-state index in [1.165, 1.54) is 18.3 Å². The maximum atomic E-state index is 12.4. The van der Waals surface area contributed by atoms with Crippen molar-refractivity contribution >= 4 is 24.0 Å². The monoisotopic (exact) mass is 311 g/mol. The average Bonchev–Trinajstić information content (AvgIpc) is 1.78.